The standard InChI is InChI=1S/C16H28N4/c1-16(19-14-7-17-14,20-15-8-18-15)13-6-9-5-12(13)11-4-2-3-10(9)11/h9-15,17-20H,2-8H2,1H3. The Bertz CT molecular complexity index is 389. The SMILES string of the molecule is CC(NC1CN1)(NC1CN1)C1CC2CC1C1CCCC21. The second-order valence-corrected chi connectivity index (χ2v) is 8.17. The Labute approximate surface area is 121 Å². The largest absolute Gasteiger partial charge is 0.298 e. The van der Waals surface area contributed by atoms with Crippen molar-refractivity contribution < 1.29 is 0 Å². The molecule has 5 rings (SSSR count). The van der Waals surface area contributed by atoms with Gasteiger partial charge < -0.3 is 0 Å². The third kappa shape index (κ3) is 1.88. The molecule has 0 radical (unpaired) electrons. The highest BCUT2D eigenvalue weighted by Crippen LogP contribution is 2.62. The van der Waals surface area contributed by atoms with E-state index in [0.29, 0.717) is 12.3 Å². The molecule has 2 saturated heterocycles. The van der Waals surface area contributed by atoms with Crippen molar-refractivity contribution in [2.24, 2.45) is 29.6 Å². The Balaban J connectivity index is 1.38. The van der Waals surface area contributed by atoms with Crippen molar-refractivity contribution >= 4 is 0 Å². The van der Waals surface area contributed by atoms with Crippen molar-refractivity contribution in [1.29, 1.82) is 0 Å². The summed E-state index contributed by atoms with van der Waals surface area (Å²) in [5.41, 5.74) is 0.120. The second-order valence-electron chi connectivity index (χ2n) is 8.17. The Morgan fingerprint density at radius 2 is 1.55 bits per heavy atom. The first-order valence-electron chi connectivity index (χ1n) is 8.75. The van der Waals surface area contributed by atoms with E-state index in [9.17, 15) is 0 Å². The summed E-state index contributed by atoms with van der Waals surface area (Å²) in [6.45, 7) is 4.72. The first kappa shape index (κ1) is 12.4. The molecular weight excluding hydrogens is 248 g/mol. The molecule has 7 atom stereocenters. The lowest BCUT2D eigenvalue weighted by Crippen LogP contribution is -2.64. The quantitative estimate of drug-likeness (QED) is 0.443. The smallest absolute Gasteiger partial charge is 0.0716 e. The lowest BCUT2D eigenvalue weighted by Gasteiger charge is -2.45. The molecule has 5 fully saturated rings. The lowest BCUT2D eigenvalue weighted by molar-refractivity contribution is 0.0732. The van der Waals surface area contributed by atoms with Gasteiger partial charge in [0.1, 0.15) is 0 Å². The lowest BCUT2D eigenvalue weighted by atomic mass is 9.71. The van der Waals surface area contributed by atoms with Crippen molar-refractivity contribution in [1.82, 2.24) is 21.3 Å². The average molecular weight is 276 g/mol. The Kier molecular flexibility index (Phi) is 2.59. The van der Waals surface area contributed by atoms with Crippen LogP contribution in [0.1, 0.15) is 39.0 Å². The maximum absolute atomic E-state index is 3.88. The molecule has 0 spiro atoms. The van der Waals surface area contributed by atoms with E-state index < -0.39 is 0 Å². The first-order chi connectivity index (χ1) is 9.73. The van der Waals surface area contributed by atoms with Gasteiger partial charge in [0.15, 0.2) is 0 Å². The molecule has 0 aromatic carbocycles. The molecule has 0 amide bonds. The minimum atomic E-state index is 0.120. The van der Waals surface area contributed by atoms with Crippen LogP contribution in [0.3, 0.4) is 0 Å². The minimum Gasteiger partial charge on any atom is -0.298 e. The van der Waals surface area contributed by atoms with Gasteiger partial charge in [-0.3, -0.25) is 21.3 Å². The van der Waals surface area contributed by atoms with E-state index >= 15 is 0 Å². The van der Waals surface area contributed by atoms with Gasteiger partial charge >= 0.3 is 0 Å². The van der Waals surface area contributed by atoms with Crippen molar-refractivity contribution in [3.05, 3.63) is 0 Å². The molecule has 0 aromatic rings. The second kappa shape index (κ2) is 4.19. The van der Waals surface area contributed by atoms with Gasteiger partial charge in [0.25, 0.3) is 0 Å². The van der Waals surface area contributed by atoms with Crippen molar-refractivity contribution in [3.63, 3.8) is 0 Å². The number of rotatable bonds is 5. The van der Waals surface area contributed by atoms with E-state index in [1.54, 1.807) is 0 Å². The Morgan fingerprint density at radius 3 is 2.20 bits per heavy atom. The maximum Gasteiger partial charge on any atom is 0.0716 e. The summed E-state index contributed by atoms with van der Waals surface area (Å²) in [5.74, 6) is 5.01. The molecule has 2 aliphatic heterocycles. The fourth-order valence-electron chi connectivity index (χ4n) is 6.03. The minimum absolute atomic E-state index is 0.120. The van der Waals surface area contributed by atoms with Crippen LogP contribution >= 0.6 is 0 Å². The van der Waals surface area contributed by atoms with Crippen LogP contribution in [-0.2, 0) is 0 Å². The topological polar surface area (TPSA) is 67.9 Å². The van der Waals surface area contributed by atoms with Gasteiger partial charge in [0, 0.05) is 13.1 Å². The van der Waals surface area contributed by atoms with E-state index in [4.69, 9.17) is 0 Å². The van der Waals surface area contributed by atoms with Crippen LogP contribution in [0.15, 0.2) is 0 Å². The van der Waals surface area contributed by atoms with Gasteiger partial charge in [-0.2, -0.15) is 0 Å². The summed E-state index contributed by atoms with van der Waals surface area (Å²) in [7, 11) is 0. The molecular formula is C16H28N4. The molecule has 2 heterocycles. The van der Waals surface area contributed by atoms with Crippen molar-refractivity contribution in [2.45, 2.75) is 57.0 Å². The van der Waals surface area contributed by atoms with Crippen LogP contribution in [0, 0.1) is 29.6 Å². The normalized spacial score (nSPS) is 54.8. The van der Waals surface area contributed by atoms with E-state index in [0.717, 1.165) is 42.7 Å². The van der Waals surface area contributed by atoms with Gasteiger partial charge in [0.2, 0.25) is 0 Å². The highest BCUT2D eigenvalue weighted by atomic mass is 15.4. The zero-order chi connectivity index (χ0) is 13.3. The van der Waals surface area contributed by atoms with Gasteiger partial charge in [-0.15, -0.1) is 0 Å². The van der Waals surface area contributed by atoms with Crippen LogP contribution in [0.25, 0.3) is 0 Å². The average Bonchev–Trinajstić information content (AvgIpc) is 3.26. The fourth-order valence-corrected chi connectivity index (χ4v) is 6.03. The predicted molar refractivity (Wildman–Crippen MR) is 78.8 cm³/mol. The van der Waals surface area contributed by atoms with Crippen LogP contribution < -0.4 is 21.3 Å². The fraction of sp³-hybridized carbons (Fsp3) is 1.00. The summed E-state index contributed by atoms with van der Waals surface area (Å²) in [5, 5.41) is 14.6. The van der Waals surface area contributed by atoms with Crippen LogP contribution in [0.5, 0.6) is 0 Å². The van der Waals surface area contributed by atoms with E-state index in [-0.39, 0.29) is 5.66 Å². The zero-order valence-electron chi connectivity index (χ0n) is 12.5. The number of fused-ring (bicyclic) bond motifs is 5. The zero-order valence-corrected chi connectivity index (χ0v) is 12.5. The molecule has 5 aliphatic rings. The monoisotopic (exact) mass is 276 g/mol. The molecule has 20 heavy (non-hydrogen) atoms. The van der Waals surface area contributed by atoms with E-state index in [1.165, 1.54) is 32.1 Å². The van der Waals surface area contributed by atoms with Gasteiger partial charge in [-0.05, 0) is 62.2 Å². The molecule has 3 saturated carbocycles. The van der Waals surface area contributed by atoms with Crippen molar-refractivity contribution in [2.75, 3.05) is 13.1 Å². The number of nitrogens with one attached hydrogen (secondary N) is 4. The third-order valence-corrected chi connectivity index (χ3v) is 6.93. The summed E-state index contributed by atoms with van der Waals surface area (Å²) < 4.78 is 0. The summed E-state index contributed by atoms with van der Waals surface area (Å²) in [6, 6.07) is 0. The molecule has 0 aromatic heterocycles. The molecule has 4 heteroatoms. The number of hydrogen-bond donors (Lipinski definition) is 4. The maximum atomic E-state index is 3.88. The molecule has 4 nitrogen and oxygen atoms in total. The Morgan fingerprint density at radius 1 is 0.900 bits per heavy atom. The summed E-state index contributed by atoms with van der Waals surface area (Å²) in [6.07, 6.45) is 8.62. The van der Waals surface area contributed by atoms with E-state index in [1.807, 2.05) is 0 Å². The first-order valence-corrected chi connectivity index (χ1v) is 8.75. The van der Waals surface area contributed by atoms with Crippen LogP contribution in [0.2, 0.25) is 0 Å². The van der Waals surface area contributed by atoms with Gasteiger partial charge in [-0.1, -0.05) is 6.42 Å². The van der Waals surface area contributed by atoms with Gasteiger partial charge in [0.05, 0.1) is 18.0 Å². The molecule has 112 valence electrons. The highest BCUT2D eigenvalue weighted by molar-refractivity contribution is 5.10. The van der Waals surface area contributed by atoms with Gasteiger partial charge in [-0.25, -0.2) is 0 Å². The van der Waals surface area contributed by atoms with Crippen molar-refractivity contribution in [3.8, 4) is 0 Å². The highest BCUT2D eigenvalue weighted by Gasteiger charge is 2.59. The van der Waals surface area contributed by atoms with Crippen LogP contribution in [-0.4, -0.2) is 31.1 Å². The summed E-state index contributed by atoms with van der Waals surface area (Å²) >= 11 is 0. The summed E-state index contributed by atoms with van der Waals surface area (Å²) in [4.78, 5) is 0. The predicted octanol–water partition coefficient (Wildman–Crippen LogP) is 0.813. The molecule has 3 aliphatic carbocycles. The molecule has 2 bridgehead atoms. The number of hydrogen-bond acceptors (Lipinski definition) is 4. The third-order valence-electron chi connectivity index (χ3n) is 6.93. The molecule has 4 N–H and O–H groups in total. The molecule has 7 unspecified atom stereocenters. The van der Waals surface area contributed by atoms with E-state index in [2.05, 4.69) is 28.2 Å². The van der Waals surface area contributed by atoms with Crippen LogP contribution in [0.4, 0.5) is 0 Å². The Hall–Kier alpha value is -0.160.